The molecule has 0 spiro atoms. The molecule has 3 radical (unpaired) electrons. The van der Waals surface area contributed by atoms with Crippen molar-refractivity contribution in [1.29, 1.82) is 0 Å². The summed E-state index contributed by atoms with van der Waals surface area (Å²) in [6.45, 7) is 4.75. The van der Waals surface area contributed by atoms with Crippen LogP contribution in [0.3, 0.4) is 0 Å². The van der Waals surface area contributed by atoms with E-state index in [9.17, 15) is 0 Å². The summed E-state index contributed by atoms with van der Waals surface area (Å²) in [7, 11) is 0. The predicted molar refractivity (Wildman–Crippen MR) is 23.0 cm³/mol. The summed E-state index contributed by atoms with van der Waals surface area (Å²) in [4.78, 5) is 0. The van der Waals surface area contributed by atoms with Gasteiger partial charge in [0.05, 0.1) is 6.21 Å². The maximum atomic E-state index is 3.55. The molecule has 0 fully saturated rings. The Hall–Kier alpha value is -0.530. The molecule has 1 rings (SSSR count). The fraction of sp³-hybridized carbons (Fsp3) is 0.500. The standard InChI is InChI=1S/C4H5N2/c1-4-2-5-6-3-4/h4-5H,1H3. The second-order valence-corrected chi connectivity index (χ2v) is 1.22. The van der Waals surface area contributed by atoms with Crippen molar-refractivity contribution in [2.24, 2.45) is 11.0 Å². The van der Waals surface area contributed by atoms with Crippen LogP contribution in [0, 0.1) is 12.5 Å². The number of hydrazone groups is 1. The summed E-state index contributed by atoms with van der Waals surface area (Å²) in [6.07, 6.45) is 2.72. The smallest absolute Gasteiger partial charge is 0.118 e. The first-order valence-electron chi connectivity index (χ1n) is 1.85. The zero-order valence-electron chi connectivity index (χ0n) is 3.52. The van der Waals surface area contributed by atoms with Crippen LogP contribution < -0.4 is 5.43 Å². The highest BCUT2D eigenvalue weighted by molar-refractivity contribution is 5.63. The van der Waals surface area contributed by atoms with Crippen molar-refractivity contribution >= 4 is 6.21 Å². The molecule has 0 aliphatic carbocycles. The van der Waals surface area contributed by atoms with Gasteiger partial charge in [-0.15, -0.1) is 0 Å². The molecule has 2 nitrogen and oxygen atoms in total. The van der Waals surface area contributed by atoms with Gasteiger partial charge >= 0.3 is 0 Å². The third-order valence-electron chi connectivity index (χ3n) is 0.595. The zero-order chi connectivity index (χ0) is 4.41. The van der Waals surface area contributed by atoms with Crippen molar-refractivity contribution in [3.05, 3.63) is 6.54 Å². The number of hydrogen-bond donors (Lipinski definition) is 1. The highest BCUT2D eigenvalue weighted by Gasteiger charge is 2.02. The van der Waals surface area contributed by atoms with Crippen molar-refractivity contribution in [3.8, 4) is 0 Å². The van der Waals surface area contributed by atoms with Crippen LogP contribution in [-0.4, -0.2) is 6.21 Å². The van der Waals surface area contributed by atoms with E-state index < -0.39 is 0 Å². The van der Waals surface area contributed by atoms with Gasteiger partial charge in [-0.1, -0.05) is 6.92 Å². The van der Waals surface area contributed by atoms with Gasteiger partial charge in [0.25, 0.3) is 0 Å². The largest absolute Gasteiger partial charge is 0.298 e. The Morgan fingerprint density at radius 1 is 1.83 bits per heavy atom. The van der Waals surface area contributed by atoms with Crippen LogP contribution >= 0.6 is 0 Å². The van der Waals surface area contributed by atoms with Crippen LogP contribution in [0.15, 0.2) is 5.10 Å². The molecule has 0 aromatic heterocycles. The molecular weight excluding hydrogens is 76.1 g/mol. The third kappa shape index (κ3) is 0.506. The van der Waals surface area contributed by atoms with E-state index in [1.165, 1.54) is 0 Å². The van der Waals surface area contributed by atoms with Crippen LogP contribution in [-0.2, 0) is 0 Å². The Labute approximate surface area is 37.2 Å². The van der Waals surface area contributed by atoms with Gasteiger partial charge in [0.1, 0.15) is 6.54 Å². The predicted octanol–water partition coefficient (Wildman–Crippen LogP) is 0.127. The van der Waals surface area contributed by atoms with Crippen molar-refractivity contribution in [1.82, 2.24) is 5.43 Å². The lowest BCUT2D eigenvalue weighted by Crippen LogP contribution is -1.96. The van der Waals surface area contributed by atoms with Gasteiger partial charge < -0.3 is 0 Å². The summed E-state index contributed by atoms with van der Waals surface area (Å²) in [5.41, 5.74) is 2.54. The lowest BCUT2D eigenvalue weighted by Gasteiger charge is -1.84. The Bertz CT molecular complexity index is 67.9. The van der Waals surface area contributed by atoms with E-state index in [0.717, 1.165) is 0 Å². The Balaban J connectivity index is 2.38. The molecule has 0 saturated heterocycles. The zero-order valence-corrected chi connectivity index (χ0v) is 3.52. The highest BCUT2D eigenvalue weighted by Crippen LogP contribution is 1.96. The highest BCUT2D eigenvalue weighted by atomic mass is 15.3. The topological polar surface area (TPSA) is 24.4 Å². The normalized spacial score (nSPS) is 30.5. The first kappa shape index (κ1) is 3.65. The van der Waals surface area contributed by atoms with E-state index >= 15 is 0 Å². The van der Waals surface area contributed by atoms with E-state index in [0.29, 0.717) is 0 Å². The molecule has 31 valence electrons. The molecule has 1 aliphatic heterocycles. The van der Waals surface area contributed by atoms with Crippen molar-refractivity contribution in [2.75, 3.05) is 0 Å². The minimum atomic E-state index is 0.269. The maximum absolute atomic E-state index is 3.55. The van der Waals surface area contributed by atoms with Crippen LogP contribution in [0.5, 0.6) is 0 Å². The number of nitrogens with one attached hydrogen (secondary N) is 1. The molecule has 0 amide bonds. The molecule has 0 saturated carbocycles. The minimum absolute atomic E-state index is 0.269. The molecule has 1 unspecified atom stereocenters. The molecule has 1 heterocycles. The lowest BCUT2D eigenvalue weighted by atomic mass is 10.2. The van der Waals surface area contributed by atoms with E-state index in [1.54, 1.807) is 0 Å². The maximum Gasteiger partial charge on any atom is 0.118 e. The number of hydrogen-bond acceptors (Lipinski definition) is 2. The Morgan fingerprint density at radius 3 is 2.83 bits per heavy atom. The van der Waals surface area contributed by atoms with E-state index in [-0.39, 0.29) is 5.92 Å². The first-order chi connectivity index (χ1) is 2.89. The minimum Gasteiger partial charge on any atom is -0.298 e. The average Bonchev–Trinajstić information content (AvgIpc) is 1.86. The summed E-state index contributed by atoms with van der Waals surface area (Å²) in [6, 6.07) is 0. The van der Waals surface area contributed by atoms with Crippen molar-refractivity contribution in [3.63, 3.8) is 0 Å². The third-order valence-corrected chi connectivity index (χ3v) is 0.595. The molecule has 6 heavy (non-hydrogen) atoms. The molecule has 0 aromatic rings. The van der Waals surface area contributed by atoms with Crippen LogP contribution in [0.2, 0.25) is 0 Å². The molecule has 1 N–H and O–H groups in total. The van der Waals surface area contributed by atoms with Crippen LogP contribution in [0.4, 0.5) is 0 Å². The Kier molecular flexibility index (Phi) is 0.783. The van der Waals surface area contributed by atoms with E-state index in [4.69, 9.17) is 0 Å². The molecular formula is C4H5N2. The summed E-state index contributed by atoms with van der Waals surface area (Å²) >= 11 is 0. The van der Waals surface area contributed by atoms with Crippen LogP contribution in [0.25, 0.3) is 0 Å². The number of nitrogens with zero attached hydrogens (tertiary/aromatic N) is 1. The molecule has 1 aliphatic rings. The fourth-order valence-electron chi connectivity index (χ4n) is 0.290. The van der Waals surface area contributed by atoms with Gasteiger partial charge in [-0.05, 0) is 0 Å². The van der Waals surface area contributed by atoms with E-state index in [2.05, 4.69) is 23.3 Å². The van der Waals surface area contributed by atoms with Gasteiger partial charge in [-0.3, -0.25) is 5.43 Å². The monoisotopic (exact) mass is 81.0 g/mol. The second kappa shape index (κ2) is 1.29. The summed E-state index contributed by atoms with van der Waals surface area (Å²) < 4.78 is 0. The summed E-state index contributed by atoms with van der Waals surface area (Å²) in [5.74, 6) is 0.269. The van der Waals surface area contributed by atoms with Crippen LogP contribution in [0.1, 0.15) is 6.92 Å². The van der Waals surface area contributed by atoms with Gasteiger partial charge in [-0.2, -0.15) is 5.10 Å². The SMILES string of the molecule is CC1[C]NN=[C]1. The second-order valence-electron chi connectivity index (χ2n) is 1.22. The van der Waals surface area contributed by atoms with Gasteiger partial charge in [0, 0.05) is 5.92 Å². The van der Waals surface area contributed by atoms with Gasteiger partial charge in [-0.25, -0.2) is 0 Å². The first-order valence-corrected chi connectivity index (χ1v) is 1.85. The lowest BCUT2D eigenvalue weighted by molar-refractivity contribution is 0.824. The molecule has 0 bridgehead atoms. The average molecular weight is 81.1 g/mol. The summed E-state index contributed by atoms with van der Waals surface area (Å²) in [5, 5.41) is 3.55. The Morgan fingerprint density at radius 2 is 2.67 bits per heavy atom. The van der Waals surface area contributed by atoms with Crippen molar-refractivity contribution < 1.29 is 0 Å². The molecule has 0 aromatic carbocycles. The fourth-order valence-corrected chi connectivity index (χ4v) is 0.290. The van der Waals surface area contributed by atoms with Gasteiger partial charge in [0.2, 0.25) is 0 Å². The quantitative estimate of drug-likeness (QED) is 0.440. The van der Waals surface area contributed by atoms with Crippen molar-refractivity contribution in [2.45, 2.75) is 6.92 Å². The molecule has 1 atom stereocenters. The van der Waals surface area contributed by atoms with E-state index in [1.807, 2.05) is 6.92 Å². The number of rotatable bonds is 0. The van der Waals surface area contributed by atoms with Gasteiger partial charge in [0.15, 0.2) is 0 Å². The molecule has 2 heteroatoms.